The lowest BCUT2D eigenvalue weighted by atomic mass is 10.1. The molecule has 1 rings (SSSR count). The number of Topliss-reactive ketones (excluding diaryl/α,β-unsaturated/α-hetero) is 1. The van der Waals surface area contributed by atoms with Gasteiger partial charge in [-0.05, 0) is 44.5 Å². The van der Waals surface area contributed by atoms with E-state index in [0.29, 0.717) is 5.56 Å². The Labute approximate surface area is 93.7 Å². The summed E-state index contributed by atoms with van der Waals surface area (Å²) >= 11 is 0. The summed E-state index contributed by atoms with van der Waals surface area (Å²) in [6, 6.07) is 3.77. The molecule has 86 valence electrons. The summed E-state index contributed by atoms with van der Waals surface area (Å²) in [5.74, 6) is -1.70. The number of nitrogens with one attached hydrogen (secondary N) is 1. The molecular formula is C12H14FNO2. The zero-order valence-electron chi connectivity index (χ0n) is 9.50. The molecule has 0 spiro atoms. The van der Waals surface area contributed by atoms with Gasteiger partial charge in [-0.25, -0.2) is 4.39 Å². The molecular weight excluding hydrogens is 209 g/mol. The number of aryl methyl sites for hydroxylation is 1. The monoisotopic (exact) mass is 223 g/mol. The van der Waals surface area contributed by atoms with Crippen LogP contribution in [0.3, 0.4) is 0 Å². The third-order valence-corrected chi connectivity index (χ3v) is 2.05. The lowest BCUT2D eigenvalue weighted by Crippen LogP contribution is -2.36. The first-order chi connectivity index (χ1) is 7.41. The number of hydrogen-bond donors (Lipinski definition) is 1. The highest BCUT2D eigenvalue weighted by atomic mass is 19.1. The first kappa shape index (κ1) is 12.4. The summed E-state index contributed by atoms with van der Waals surface area (Å²) in [5.41, 5.74) is 0.556. The zero-order valence-corrected chi connectivity index (χ0v) is 9.50. The molecule has 0 aliphatic carbocycles. The Morgan fingerprint density at radius 3 is 2.44 bits per heavy atom. The molecule has 1 N–H and O–H groups in total. The Balaban J connectivity index is 2.88. The van der Waals surface area contributed by atoms with Crippen molar-refractivity contribution in [1.82, 2.24) is 5.32 Å². The largest absolute Gasteiger partial charge is 0.347 e. The van der Waals surface area contributed by atoms with Crippen LogP contribution in [-0.2, 0) is 4.79 Å². The number of amides is 1. The van der Waals surface area contributed by atoms with E-state index in [-0.39, 0.29) is 17.4 Å². The number of hydrogen-bond acceptors (Lipinski definition) is 2. The molecule has 16 heavy (non-hydrogen) atoms. The number of carbonyl (C=O) groups is 2. The highest BCUT2D eigenvalue weighted by Gasteiger charge is 2.17. The fourth-order valence-corrected chi connectivity index (χ4v) is 1.24. The van der Waals surface area contributed by atoms with Crippen molar-refractivity contribution in [3.05, 3.63) is 35.1 Å². The van der Waals surface area contributed by atoms with Gasteiger partial charge in [0.25, 0.3) is 5.91 Å². The maximum atomic E-state index is 13.0. The molecule has 0 saturated heterocycles. The SMILES string of the molecule is Cc1cc(C(=O)C(=O)NC(C)C)ccc1F. The molecule has 0 aromatic heterocycles. The van der Waals surface area contributed by atoms with Crippen molar-refractivity contribution in [2.75, 3.05) is 0 Å². The van der Waals surface area contributed by atoms with Crippen LogP contribution >= 0.6 is 0 Å². The van der Waals surface area contributed by atoms with Gasteiger partial charge < -0.3 is 5.32 Å². The smallest absolute Gasteiger partial charge is 0.292 e. The van der Waals surface area contributed by atoms with Crippen LogP contribution in [0.5, 0.6) is 0 Å². The molecule has 1 aromatic rings. The van der Waals surface area contributed by atoms with Gasteiger partial charge in [-0.1, -0.05) is 0 Å². The van der Waals surface area contributed by atoms with Crippen molar-refractivity contribution in [3.63, 3.8) is 0 Å². The molecule has 0 fully saturated rings. The first-order valence-corrected chi connectivity index (χ1v) is 5.03. The predicted molar refractivity (Wildman–Crippen MR) is 58.7 cm³/mol. The molecule has 4 heteroatoms. The van der Waals surface area contributed by atoms with Gasteiger partial charge in [-0.3, -0.25) is 9.59 Å². The Kier molecular flexibility index (Phi) is 3.77. The van der Waals surface area contributed by atoms with Gasteiger partial charge in [0, 0.05) is 11.6 Å². The standard InChI is InChI=1S/C12H14FNO2/c1-7(2)14-12(16)11(15)9-4-5-10(13)8(3)6-9/h4-7H,1-3H3,(H,14,16). The molecule has 0 heterocycles. The van der Waals surface area contributed by atoms with E-state index in [1.807, 2.05) is 0 Å². The molecule has 1 aromatic carbocycles. The summed E-state index contributed by atoms with van der Waals surface area (Å²) in [7, 11) is 0. The summed E-state index contributed by atoms with van der Waals surface area (Å²) in [6.07, 6.45) is 0. The molecule has 0 aliphatic rings. The summed E-state index contributed by atoms with van der Waals surface area (Å²) in [6.45, 7) is 5.08. The summed E-state index contributed by atoms with van der Waals surface area (Å²) in [5, 5.41) is 2.49. The highest BCUT2D eigenvalue weighted by Crippen LogP contribution is 2.09. The number of benzene rings is 1. The van der Waals surface area contributed by atoms with Gasteiger partial charge in [-0.2, -0.15) is 0 Å². The van der Waals surface area contributed by atoms with Gasteiger partial charge in [0.15, 0.2) is 0 Å². The van der Waals surface area contributed by atoms with E-state index in [1.165, 1.54) is 18.2 Å². The van der Waals surface area contributed by atoms with Crippen molar-refractivity contribution >= 4 is 11.7 Å². The maximum Gasteiger partial charge on any atom is 0.292 e. The van der Waals surface area contributed by atoms with E-state index in [0.717, 1.165) is 0 Å². The summed E-state index contributed by atoms with van der Waals surface area (Å²) < 4.78 is 13.0. The summed E-state index contributed by atoms with van der Waals surface area (Å²) in [4.78, 5) is 23.0. The van der Waals surface area contributed by atoms with Crippen LogP contribution in [0, 0.1) is 12.7 Å². The second kappa shape index (κ2) is 4.88. The highest BCUT2D eigenvalue weighted by molar-refractivity contribution is 6.42. The van der Waals surface area contributed by atoms with Gasteiger partial charge in [0.1, 0.15) is 5.82 Å². The average Bonchev–Trinajstić information content (AvgIpc) is 2.20. The third-order valence-electron chi connectivity index (χ3n) is 2.05. The maximum absolute atomic E-state index is 13.0. The van der Waals surface area contributed by atoms with E-state index in [2.05, 4.69) is 5.32 Å². The van der Waals surface area contributed by atoms with E-state index in [4.69, 9.17) is 0 Å². The third kappa shape index (κ3) is 2.89. The van der Waals surface area contributed by atoms with Crippen molar-refractivity contribution < 1.29 is 14.0 Å². The molecule has 1 amide bonds. The fraction of sp³-hybridized carbons (Fsp3) is 0.333. The van der Waals surface area contributed by atoms with Crippen molar-refractivity contribution in [3.8, 4) is 0 Å². The Hall–Kier alpha value is -1.71. The predicted octanol–water partition coefficient (Wildman–Crippen LogP) is 1.84. The normalized spacial score (nSPS) is 10.3. The minimum absolute atomic E-state index is 0.0991. The number of ketones is 1. The molecule has 0 aliphatic heterocycles. The lowest BCUT2D eigenvalue weighted by molar-refractivity contribution is -0.117. The van der Waals surface area contributed by atoms with Crippen LogP contribution in [0.25, 0.3) is 0 Å². The van der Waals surface area contributed by atoms with Gasteiger partial charge in [0.2, 0.25) is 5.78 Å². The molecule has 0 radical (unpaired) electrons. The molecule has 0 saturated carbocycles. The van der Waals surface area contributed by atoms with Crippen LogP contribution in [0.1, 0.15) is 29.8 Å². The van der Waals surface area contributed by atoms with Crippen LogP contribution in [0.15, 0.2) is 18.2 Å². The van der Waals surface area contributed by atoms with Crippen molar-refractivity contribution in [2.45, 2.75) is 26.8 Å². The van der Waals surface area contributed by atoms with E-state index in [1.54, 1.807) is 20.8 Å². The Morgan fingerprint density at radius 2 is 1.94 bits per heavy atom. The van der Waals surface area contributed by atoms with E-state index >= 15 is 0 Å². The molecule has 0 atom stereocenters. The minimum atomic E-state index is -0.666. The molecule has 3 nitrogen and oxygen atoms in total. The van der Waals surface area contributed by atoms with Crippen LogP contribution < -0.4 is 5.32 Å². The van der Waals surface area contributed by atoms with E-state index < -0.39 is 11.7 Å². The second-order valence-electron chi connectivity index (χ2n) is 3.92. The van der Waals surface area contributed by atoms with Crippen LogP contribution in [0.2, 0.25) is 0 Å². The van der Waals surface area contributed by atoms with Gasteiger partial charge in [0.05, 0.1) is 0 Å². The Morgan fingerprint density at radius 1 is 1.31 bits per heavy atom. The minimum Gasteiger partial charge on any atom is -0.347 e. The van der Waals surface area contributed by atoms with E-state index in [9.17, 15) is 14.0 Å². The van der Waals surface area contributed by atoms with Crippen molar-refractivity contribution in [1.29, 1.82) is 0 Å². The average molecular weight is 223 g/mol. The first-order valence-electron chi connectivity index (χ1n) is 5.03. The lowest BCUT2D eigenvalue weighted by Gasteiger charge is -2.07. The number of rotatable bonds is 3. The van der Waals surface area contributed by atoms with Crippen molar-refractivity contribution in [2.24, 2.45) is 0 Å². The van der Waals surface area contributed by atoms with Gasteiger partial charge >= 0.3 is 0 Å². The Bertz CT molecular complexity index is 427. The topological polar surface area (TPSA) is 46.2 Å². The second-order valence-corrected chi connectivity index (χ2v) is 3.92. The van der Waals surface area contributed by atoms with Gasteiger partial charge in [-0.15, -0.1) is 0 Å². The molecule has 0 bridgehead atoms. The number of carbonyl (C=O) groups excluding carboxylic acids is 2. The van der Waals surface area contributed by atoms with Crippen LogP contribution in [0.4, 0.5) is 4.39 Å². The van der Waals surface area contributed by atoms with Crippen LogP contribution in [-0.4, -0.2) is 17.7 Å². The fourth-order valence-electron chi connectivity index (χ4n) is 1.24. The molecule has 0 unspecified atom stereocenters. The number of halogens is 1. The zero-order chi connectivity index (χ0) is 12.3. The quantitative estimate of drug-likeness (QED) is 0.627.